The van der Waals surface area contributed by atoms with Crippen LogP contribution in [-0.2, 0) is 4.74 Å². The van der Waals surface area contributed by atoms with E-state index in [2.05, 4.69) is 5.43 Å². The number of ether oxygens (including phenoxy) is 1. The van der Waals surface area contributed by atoms with Gasteiger partial charge in [0.15, 0.2) is 0 Å². The van der Waals surface area contributed by atoms with E-state index in [1.165, 1.54) is 0 Å². The van der Waals surface area contributed by atoms with E-state index in [1.807, 2.05) is 0 Å². The van der Waals surface area contributed by atoms with Crippen molar-refractivity contribution in [1.82, 2.24) is 5.43 Å². The van der Waals surface area contributed by atoms with Gasteiger partial charge in [-0.1, -0.05) is 0 Å². The fourth-order valence-electron chi connectivity index (χ4n) is 0.405. The van der Waals surface area contributed by atoms with Gasteiger partial charge in [-0.15, -0.1) is 0 Å². The van der Waals surface area contributed by atoms with Crippen LogP contribution < -0.4 is 17.0 Å². The summed E-state index contributed by atoms with van der Waals surface area (Å²) < 4.78 is 4.76. The topological polar surface area (TPSA) is 73.3 Å². The minimum absolute atomic E-state index is 0.431. The van der Waals surface area contributed by atoms with E-state index in [0.29, 0.717) is 13.2 Å². The van der Waals surface area contributed by atoms with Crippen molar-refractivity contribution >= 4 is 0 Å². The van der Waals surface area contributed by atoms with E-state index in [1.54, 1.807) is 0 Å². The second-order valence-corrected chi connectivity index (χ2v) is 1.79. The lowest BCUT2D eigenvalue weighted by Gasteiger charge is -2.36. The van der Waals surface area contributed by atoms with Crippen molar-refractivity contribution in [3.05, 3.63) is 0 Å². The first-order chi connectivity index (χ1) is 3.27. The van der Waals surface area contributed by atoms with Gasteiger partial charge >= 0.3 is 0 Å². The number of nitrogens with two attached hydrogens (primary N) is 2. The normalized spacial score (nSPS) is 26.6. The summed E-state index contributed by atoms with van der Waals surface area (Å²) in [5.41, 5.74) is 7.44. The van der Waals surface area contributed by atoms with Gasteiger partial charge in [-0.25, -0.2) is 5.43 Å². The number of rotatable bonds is 1. The van der Waals surface area contributed by atoms with Crippen LogP contribution in [0.5, 0.6) is 0 Å². The lowest BCUT2D eigenvalue weighted by molar-refractivity contribution is -0.0710. The van der Waals surface area contributed by atoms with Crippen LogP contribution in [0.3, 0.4) is 0 Å². The Morgan fingerprint density at radius 1 is 1.57 bits per heavy atom. The first-order valence-electron chi connectivity index (χ1n) is 2.11. The molecule has 1 saturated heterocycles. The Hall–Kier alpha value is -0.160. The SMILES string of the molecule is NNC1(N)COC1. The third-order valence-corrected chi connectivity index (χ3v) is 1.01. The molecule has 0 aliphatic carbocycles. The van der Waals surface area contributed by atoms with E-state index in [4.69, 9.17) is 16.3 Å². The highest BCUT2D eigenvalue weighted by Gasteiger charge is 2.32. The van der Waals surface area contributed by atoms with Crippen molar-refractivity contribution in [1.29, 1.82) is 0 Å². The van der Waals surface area contributed by atoms with E-state index in [0.717, 1.165) is 0 Å². The maximum Gasteiger partial charge on any atom is 0.126 e. The average Bonchev–Trinajstić information content (AvgIpc) is 1.61. The van der Waals surface area contributed by atoms with Gasteiger partial charge in [-0.3, -0.25) is 5.84 Å². The summed E-state index contributed by atoms with van der Waals surface area (Å²) in [5.74, 6) is 5.01. The molecule has 0 atom stereocenters. The predicted molar refractivity (Wildman–Crippen MR) is 25.1 cm³/mol. The minimum atomic E-state index is -0.431. The fourth-order valence-corrected chi connectivity index (χ4v) is 0.405. The highest BCUT2D eigenvalue weighted by molar-refractivity contribution is 4.84. The zero-order valence-corrected chi connectivity index (χ0v) is 3.98. The molecule has 1 heterocycles. The third kappa shape index (κ3) is 0.733. The van der Waals surface area contributed by atoms with Gasteiger partial charge in [0.2, 0.25) is 0 Å². The van der Waals surface area contributed by atoms with E-state index in [9.17, 15) is 0 Å². The molecule has 42 valence electrons. The zero-order chi connectivity index (χ0) is 5.33. The van der Waals surface area contributed by atoms with Crippen molar-refractivity contribution in [2.45, 2.75) is 5.66 Å². The average molecular weight is 103 g/mol. The molecule has 7 heavy (non-hydrogen) atoms. The number of nitrogens with one attached hydrogen (secondary N) is 1. The summed E-state index contributed by atoms with van der Waals surface area (Å²) in [6.07, 6.45) is 0. The van der Waals surface area contributed by atoms with Gasteiger partial charge in [-0.05, 0) is 0 Å². The molecule has 1 aliphatic heterocycles. The van der Waals surface area contributed by atoms with Gasteiger partial charge in [0.25, 0.3) is 0 Å². The molecule has 0 spiro atoms. The van der Waals surface area contributed by atoms with Crippen LogP contribution in [0.4, 0.5) is 0 Å². The first kappa shape index (κ1) is 4.99. The van der Waals surface area contributed by atoms with Gasteiger partial charge in [0, 0.05) is 0 Å². The highest BCUT2D eigenvalue weighted by Crippen LogP contribution is 2.06. The lowest BCUT2D eigenvalue weighted by Crippen LogP contribution is -2.69. The van der Waals surface area contributed by atoms with Gasteiger partial charge in [0.1, 0.15) is 5.66 Å². The maximum atomic E-state index is 5.44. The van der Waals surface area contributed by atoms with Crippen LogP contribution in [-0.4, -0.2) is 18.9 Å². The molecule has 5 N–H and O–H groups in total. The van der Waals surface area contributed by atoms with Gasteiger partial charge in [-0.2, -0.15) is 0 Å². The molecule has 0 aromatic carbocycles. The summed E-state index contributed by atoms with van der Waals surface area (Å²) in [4.78, 5) is 0. The van der Waals surface area contributed by atoms with Crippen LogP contribution in [0, 0.1) is 0 Å². The Kier molecular flexibility index (Phi) is 1.01. The first-order valence-corrected chi connectivity index (χ1v) is 2.11. The molecule has 0 unspecified atom stereocenters. The monoisotopic (exact) mass is 103 g/mol. The Morgan fingerprint density at radius 3 is 2.14 bits per heavy atom. The molecule has 1 fully saturated rings. The molecule has 0 saturated carbocycles. The molecule has 1 aliphatic rings. The Labute approximate surface area is 41.8 Å². The number of hydrogen-bond acceptors (Lipinski definition) is 4. The van der Waals surface area contributed by atoms with Crippen LogP contribution in [0.25, 0.3) is 0 Å². The van der Waals surface area contributed by atoms with Crippen molar-refractivity contribution in [2.24, 2.45) is 11.6 Å². The number of hydrogen-bond donors (Lipinski definition) is 3. The summed E-state index contributed by atoms with van der Waals surface area (Å²) in [6.45, 7) is 1.03. The quantitative estimate of drug-likeness (QED) is 0.206. The maximum absolute atomic E-state index is 5.44. The highest BCUT2D eigenvalue weighted by atomic mass is 16.5. The standard InChI is InChI=1S/C3H9N3O/c4-3(6-5)1-7-2-3/h6H,1-2,4-5H2. The molecule has 0 bridgehead atoms. The van der Waals surface area contributed by atoms with Gasteiger partial charge in [0.05, 0.1) is 13.2 Å². The fraction of sp³-hybridized carbons (Fsp3) is 1.00. The zero-order valence-electron chi connectivity index (χ0n) is 3.98. The summed E-state index contributed by atoms with van der Waals surface area (Å²) in [7, 11) is 0. The van der Waals surface area contributed by atoms with Crippen molar-refractivity contribution in [3.63, 3.8) is 0 Å². The molecule has 0 aromatic rings. The molecule has 0 aromatic heterocycles. The smallest absolute Gasteiger partial charge is 0.126 e. The largest absolute Gasteiger partial charge is 0.375 e. The molecule has 4 nitrogen and oxygen atoms in total. The van der Waals surface area contributed by atoms with Crippen LogP contribution >= 0.6 is 0 Å². The Balaban J connectivity index is 2.29. The Morgan fingerprint density at radius 2 is 2.14 bits per heavy atom. The van der Waals surface area contributed by atoms with Crippen molar-refractivity contribution in [3.8, 4) is 0 Å². The minimum Gasteiger partial charge on any atom is -0.375 e. The lowest BCUT2D eigenvalue weighted by atomic mass is 10.2. The number of hydrazine groups is 1. The molecule has 4 heteroatoms. The predicted octanol–water partition coefficient (Wildman–Crippen LogP) is -1.87. The van der Waals surface area contributed by atoms with Crippen molar-refractivity contribution < 1.29 is 4.74 Å². The molecule has 1 rings (SSSR count). The second kappa shape index (κ2) is 1.41. The molecular weight excluding hydrogens is 94.1 g/mol. The molecule has 0 radical (unpaired) electrons. The molecule has 0 amide bonds. The third-order valence-electron chi connectivity index (χ3n) is 1.01. The van der Waals surface area contributed by atoms with Gasteiger partial charge < -0.3 is 10.5 Å². The van der Waals surface area contributed by atoms with Crippen LogP contribution in [0.1, 0.15) is 0 Å². The summed E-state index contributed by atoms with van der Waals surface area (Å²) in [6, 6.07) is 0. The summed E-state index contributed by atoms with van der Waals surface area (Å²) in [5, 5.41) is 0. The summed E-state index contributed by atoms with van der Waals surface area (Å²) >= 11 is 0. The van der Waals surface area contributed by atoms with E-state index >= 15 is 0 Å². The van der Waals surface area contributed by atoms with Crippen molar-refractivity contribution in [2.75, 3.05) is 13.2 Å². The van der Waals surface area contributed by atoms with E-state index < -0.39 is 5.66 Å². The van der Waals surface area contributed by atoms with E-state index in [-0.39, 0.29) is 0 Å². The van der Waals surface area contributed by atoms with Crippen LogP contribution in [0.2, 0.25) is 0 Å². The Bertz CT molecular complexity index is 65.1. The molecular formula is C3H9N3O. The second-order valence-electron chi connectivity index (χ2n) is 1.79. The van der Waals surface area contributed by atoms with Crippen LogP contribution in [0.15, 0.2) is 0 Å².